The average Bonchev–Trinajstić information content (AvgIpc) is 2.73. The summed E-state index contributed by atoms with van der Waals surface area (Å²) in [5, 5.41) is 2.99. The standard InChI is InChI=1S/C13H15F3N2O2/c14-13(15,16)20-11-3-1-2-10(7-11)19-5-4-9-6-12(17)18-8-9/h1-3,6-7,9,18H,4-5,8,17H2/t9-/m0/s1. The molecule has 0 bridgehead atoms. The van der Waals surface area contributed by atoms with Crippen LogP contribution < -0.4 is 20.5 Å². The van der Waals surface area contributed by atoms with Crippen LogP contribution in [-0.4, -0.2) is 19.5 Å². The van der Waals surface area contributed by atoms with Crippen molar-refractivity contribution in [3.05, 3.63) is 36.2 Å². The molecule has 0 aliphatic carbocycles. The minimum atomic E-state index is -4.70. The number of nitrogens with one attached hydrogen (secondary N) is 1. The van der Waals surface area contributed by atoms with Crippen molar-refractivity contribution in [3.63, 3.8) is 0 Å². The Morgan fingerprint density at radius 1 is 1.30 bits per heavy atom. The lowest BCUT2D eigenvalue weighted by molar-refractivity contribution is -0.274. The van der Waals surface area contributed by atoms with Gasteiger partial charge in [0.05, 0.1) is 12.4 Å². The van der Waals surface area contributed by atoms with E-state index in [1.807, 2.05) is 6.08 Å². The van der Waals surface area contributed by atoms with Crippen LogP contribution in [0.4, 0.5) is 13.2 Å². The zero-order valence-corrected chi connectivity index (χ0v) is 10.6. The summed E-state index contributed by atoms with van der Waals surface area (Å²) in [6.07, 6.45) is -2.05. The lowest BCUT2D eigenvalue weighted by atomic mass is 10.1. The first kappa shape index (κ1) is 14.4. The van der Waals surface area contributed by atoms with Crippen LogP contribution >= 0.6 is 0 Å². The molecule has 2 rings (SSSR count). The molecule has 0 unspecified atom stereocenters. The van der Waals surface area contributed by atoms with Crippen molar-refractivity contribution in [2.45, 2.75) is 12.8 Å². The smallest absolute Gasteiger partial charge is 0.493 e. The van der Waals surface area contributed by atoms with Gasteiger partial charge in [0.2, 0.25) is 0 Å². The van der Waals surface area contributed by atoms with Crippen molar-refractivity contribution in [2.24, 2.45) is 11.7 Å². The van der Waals surface area contributed by atoms with Crippen LogP contribution in [0.1, 0.15) is 6.42 Å². The van der Waals surface area contributed by atoms with Crippen molar-refractivity contribution >= 4 is 0 Å². The average molecular weight is 288 g/mol. The summed E-state index contributed by atoms with van der Waals surface area (Å²) in [6.45, 7) is 1.15. The molecule has 0 amide bonds. The van der Waals surface area contributed by atoms with E-state index < -0.39 is 6.36 Å². The van der Waals surface area contributed by atoms with E-state index >= 15 is 0 Å². The number of rotatable bonds is 5. The first-order valence-corrected chi connectivity index (χ1v) is 6.12. The minimum Gasteiger partial charge on any atom is -0.493 e. The lowest BCUT2D eigenvalue weighted by Crippen LogP contribution is -2.17. The van der Waals surface area contributed by atoms with Crippen LogP contribution in [0.25, 0.3) is 0 Å². The molecule has 0 radical (unpaired) electrons. The molecule has 0 spiro atoms. The third-order valence-corrected chi connectivity index (χ3v) is 2.78. The molecule has 4 nitrogen and oxygen atoms in total. The minimum absolute atomic E-state index is 0.282. The summed E-state index contributed by atoms with van der Waals surface area (Å²) in [5.74, 6) is 0.983. The molecule has 0 saturated heterocycles. The van der Waals surface area contributed by atoms with Crippen molar-refractivity contribution in [2.75, 3.05) is 13.2 Å². The molecule has 1 atom stereocenters. The molecule has 1 heterocycles. The van der Waals surface area contributed by atoms with E-state index in [2.05, 4.69) is 10.1 Å². The highest BCUT2D eigenvalue weighted by Crippen LogP contribution is 2.26. The third kappa shape index (κ3) is 4.56. The van der Waals surface area contributed by atoms with E-state index in [9.17, 15) is 13.2 Å². The summed E-state index contributed by atoms with van der Waals surface area (Å²) >= 11 is 0. The lowest BCUT2D eigenvalue weighted by Gasteiger charge is -2.12. The Kier molecular flexibility index (Phi) is 4.26. The molecule has 0 fully saturated rings. The van der Waals surface area contributed by atoms with Crippen LogP contribution in [-0.2, 0) is 0 Å². The second-order valence-corrected chi connectivity index (χ2v) is 4.42. The molecule has 1 aromatic carbocycles. The topological polar surface area (TPSA) is 56.5 Å². The molecule has 0 aromatic heterocycles. The van der Waals surface area contributed by atoms with Crippen LogP contribution in [0.5, 0.6) is 11.5 Å². The maximum absolute atomic E-state index is 12.1. The van der Waals surface area contributed by atoms with Crippen LogP contribution in [0.15, 0.2) is 36.2 Å². The SMILES string of the molecule is NC1=C[C@H](CCOc2cccc(OC(F)(F)F)c2)CN1. The summed E-state index contributed by atoms with van der Waals surface area (Å²) in [5.41, 5.74) is 5.57. The van der Waals surface area contributed by atoms with Gasteiger partial charge in [-0.05, 0) is 24.6 Å². The third-order valence-electron chi connectivity index (χ3n) is 2.78. The number of hydrogen-bond donors (Lipinski definition) is 2. The maximum atomic E-state index is 12.1. The van der Waals surface area contributed by atoms with E-state index in [-0.39, 0.29) is 11.7 Å². The van der Waals surface area contributed by atoms with Gasteiger partial charge in [0.15, 0.2) is 0 Å². The Balaban J connectivity index is 1.82. The van der Waals surface area contributed by atoms with E-state index in [4.69, 9.17) is 10.5 Å². The van der Waals surface area contributed by atoms with Gasteiger partial charge in [-0.25, -0.2) is 0 Å². The Bertz CT molecular complexity index is 489. The predicted molar refractivity (Wildman–Crippen MR) is 67.0 cm³/mol. The van der Waals surface area contributed by atoms with Crippen molar-refractivity contribution in [3.8, 4) is 11.5 Å². The highest BCUT2D eigenvalue weighted by molar-refractivity contribution is 5.33. The van der Waals surface area contributed by atoms with Crippen LogP contribution in [0.3, 0.4) is 0 Å². The Labute approximate surface area is 114 Å². The van der Waals surface area contributed by atoms with E-state index in [1.54, 1.807) is 6.07 Å². The van der Waals surface area contributed by atoms with Gasteiger partial charge in [-0.1, -0.05) is 6.07 Å². The van der Waals surface area contributed by atoms with Crippen molar-refractivity contribution < 1.29 is 22.6 Å². The summed E-state index contributed by atoms with van der Waals surface area (Å²) in [6, 6.07) is 5.47. The molecule has 1 aliphatic heterocycles. The van der Waals surface area contributed by atoms with Crippen LogP contribution in [0.2, 0.25) is 0 Å². The van der Waals surface area contributed by atoms with E-state index in [1.165, 1.54) is 18.2 Å². The zero-order chi connectivity index (χ0) is 14.6. The summed E-state index contributed by atoms with van der Waals surface area (Å²) in [4.78, 5) is 0. The normalized spacial score (nSPS) is 18.4. The molecular formula is C13H15F3N2O2. The first-order valence-electron chi connectivity index (χ1n) is 6.12. The first-order chi connectivity index (χ1) is 9.42. The van der Waals surface area contributed by atoms with Gasteiger partial charge < -0.3 is 20.5 Å². The van der Waals surface area contributed by atoms with Gasteiger partial charge in [0.25, 0.3) is 0 Å². The van der Waals surface area contributed by atoms with Crippen molar-refractivity contribution in [1.29, 1.82) is 0 Å². The monoisotopic (exact) mass is 288 g/mol. The van der Waals surface area contributed by atoms with Crippen molar-refractivity contribution in [1.82, 2.24) is 5.32 Å². The van der Waals surface area contributed by atoms with Gasteiger partial charge in [-0.2, -0.15) is 0 Å². The highest BCUT2D eigenvalue weighted by Gasteiger charge is 2.31. The van der Waals surface area contributed by atoms with Gasteiger partial charge in [-0.3, -0.25) is 0 Å². The van der Waals surface area contributed by atoms with Crippen LogP contribution in [0, 0.1) is 5.92 Å². The molecule has 3 N–H and O–H groups in total. The maximum Gasteiger partial charge on any atom is 0.573 e. The predicted octanol–water partition coefficient (Wildman–Crippen LogP) is 2.37. The fourth-order valence-electron chi connectivity index (χ4n) is 1.90. The number of nitrogens with two attached hydrogens (primary N) is 1. The molecule has 1 aliphatic rings. The number of alkyl halides is 3. The van der Waals surface area contributed by atoms with Gasteiger partial charge in [0.1, 0.15) is 11.5 Å². The fraction of sp³-hybridized carbons (Fsp3) is 0.385. The van der Waals surface area contributed by atoms with Gasteiger partial charge >= 0.3 is 6.36 Å². The Hall–Kier alpha value is -2.05. The zero-order valence-electron chi connectivity index (χ0n) is 10.6. The Morgan fingerprint density at radius 2 is 2.05 bits per heavy atom. The number of halogens is 3. The molecule has 20 heavy (non-hydrogen) atoms. The van der Waals surface area contributed by atoms with E-state index in [0.717, 1.165) is 13.0 Å². The Morgan fingerprint density at radius 3 is 2.70 bits per heavy atom. The van der Waals surface area contributed by atoms with Gasteiger partial charge in [-0.15, -0.1) is 13.2 Å². The highest BCUT2D eigenvalue weighted by atomic mass is 19.4. The fourth-order valence-corrected chi connectivity index (χ4v) is 1.90. The molecule has 110 valence electrons. The molecule has 0 saturated carbocycles. The second kappa shape index (κ2) is 5.94. The summed E-state index contributed by atoms with van der Waals surface area (Å²) in [7, 11) is 0. The number of ether oxygens (including phenoxy) is 2. The molecule has 7 heteroatoms. The van der Waals surface area contributed by atoms with Gasteiger partial charge in [0, 0.05) is 18.5 Å². The van der Waals surface area contributed by atoms with E-state index in [0.29, 0.717) is 18.2 Å². The second-order valence-electron chi connectivity index (χ2n) is 4.42. The largest absolute Gasteiger partial charge is 0.573 e. The molecule has 1 aromatic rings. The summed E-state index contributed by atoms with van der Waals surface area (Å²) < 4.78 is 45.5. The molecular weight excluding hydrogens is 273 g/mol. The number of benzene rings is 1. The number of hydrogen-bond acceptors (Lipinski definition) is 4. The quantitative estimate of drug-likeness (QED) is 0.873.